The molecule has 0 atom stereocenters. The molecule has 0 radical (unpaired) electrons. The van der Waals surface area contributed by atoms with Gasteiger partial charge in [-0.2, -0.15) is 15.0 Å². The summed E-state index contributed by atoms with van der Waals surface area (Å²) in [7, 11) is 0. The molecular weight excluding hydrogens is 368 g/mol. The van der Waals surface area contributed by atoms with Crippen molar-refractivity contribution in [1.82, 2.24) is 25.1 Å². The first-order valence-corrected chi connectivity index (χ1v) is 8.93. The van der Waals surface area contributed by atoms with Crippen molar-refractivity contribution < 1.29 is 0 Å². The lowest BCUT2D eigenvalue weighted by molar-refractivity contribution is 0.980. The fourth-order valence-electron chi connectivity index (χ4n) is 1.82. The first-order chi connectivity index (χ1) is 11.5. The van der Waals surface area contributed by atoms with Gasteiger partial charge in [-0.3, -0.25) is 0 Å². The number of hydrogen-bond donors (Lipinski definition) is 3. The van der Waals surface area contributed by atoms with Crippen molar-refractivity contribution in [3.05, 3.63) is 34.6 Å². The number of halogens is 1. The van der Waals surface area contributed by atoms with Crippen LogP contribution in [0.1, 0.15) is 11.4 Å². The number of aromatic nitrogens is 5. The topological polar surface area (TPSA) is 129 Å². The van der Waals surface area contributed by atoms with E-state index >= 15 is 0 Å². The molecule has 0 spiro atoms. The number of nitrogen functional groups attached to an aromatic ring is 2. The molecule has 0 saturated heterocycles. The highest BCUT2D eigenvalue weighted by atomic mass is 35.5. The molecule has 3 aromatic rings. The van der Waals surface area contributed by atoms with Gasteiger partial charge in [0.1, 0.15) is 5.82 Å². The zero-order chi connectivity index (χ0) is 17.1. The van der Waals surface area contributed by atoms with Gasteiger partial charge in [0.05, 0.1) is 5.75 Å². The smallest absolute Gasteiger partial charge is 0.225 e. The Balaban J connectivity index is 1.66. The van der Waals surface area contributed by atoms with E-state index in [1.807, 2.05) is 25.1 Å². The maximum absolute atomic E-state index is 6.11. The number of hydrogen-bond acceptors (Lipinski definition) is 10. The highest BCUT2D eigenvalue weighted by Gasteiger charge is 2.09. The molecule has 2 aromatic heterocycles. The lowest BCUT2D eigenvalue weighted by Gasteiger charge is -2.06. The number of nitrogens with one attached hydrogen (secondary N) is 1. The predicted octanol–water partition coefficient (Wildman–Crippen LogP) is 2.89. The molecule has 0 aliphatic carbocycles. The summed E-state index contributed by atoms with van der Waals surface area (Å²) in [5, 5.41) is 12.8. The summed E-state index contributed by atoms with van der Waals surface area (Å²) in [6.07, 6.45) is 0. The minimum absolute atomic E-state index is 0.106. The quantitative estimate of drug-likeness (QED) is 0.572. The van der Waals surface area contributed by atoms with E-state index in [2.05, 4.69) is 30.5 Å². The molecule has 0 bridgehead atoms. The second-order valence-corrected chi connectivity index (χ2v) is 7.27. The molecule has 8 nitrogen and oxygen atoms in total. The zero-order valence-electron chi connectivity index (χ0n) is 12.5. The van der Waals surface area contributed by atoms with Crippen LogP contribution in [0.2, 0.25) is 5.02 Å². The van der Waals surface area contributed by atoms with Gasteiger partial charge in [0.15, 0.2) is 4.34 Å². The third-order valence-corrected chi connectivity index (χ3v) is 5.33. The van der Waals surface area contributed by atoms with Crippen LogP contribution in [0.25, 0.3) is 0 Å². The van der Waals surface area contributed by atoms with Gasteiger partial charge < -0.3 is 16.8 Å². The lowest BCUT2D eigenvalue weighted by Crippen LogP contribution is -2.05. The average Bonchev–Trinajstić information content (AvgIpc) is 2.97. The summed E-state index contributed by atoms with van der Waals surface area (Å²) in [5.41, 5.74) is 12.9. The molecule has 5 N–H and O–H groups in total. The number of nitrogens with zero attached hydrogens (tertiary/aromatic N) is 5. The molecule has 2 heterocycles. The van der Waals surface area contributed by atoms with Crippen molar-refractivity contribution in [2.24, 2.45) is 0 Å². The molecule has 0 aliphatic heterocycles. The summed E-state index contributed by atoms with van der Waals surface area (Å²) >= 11 is 8.98. The second kappa shape index (κ2) is 7.16. The minimum atomic E-state index is 0.106. The van der Waals surface area contributed by atoms with Gasteiger partial charge in [0, 0.05) is 10.7 Å². The van der Waals surface area contributed by atoms with E-state index in [1.165, 1.54) is 23.1 Å². The third kappa shape index (κ3) is 4.02. The Morgan fingerprint density at radius 3 is 2.67 bits per heavy atom. The van der Waals surface area contributed by atoms with Crippen LogP contribution in [0.3, 0.4) is 0 Å². The van der Waals surface area contributed by atoms with Crippen LogP contribution in [-0.4, -0.2) is 25.1 Å². The number of thioether (sulfide) groups is 1. The maximum Gasteiger partial charge on any atom is 0.225 e. The molecular formula is C13H13ClN8S2. The largest absolute Gasteiger partial charge is 0.368 e. The SMILES string of the molecule is Cc1c(Cl)cccc1Nc1nnc(SCc2nc(N)nc(N)n2)s1. The number of anilines is 4. The van der Waals surface area contributed by atoms with Gasteiger partial charge in [-0.05, 0) is 24.6 Å². The molecule has 24 heavy (non-hydrogen) atoms. The van der Waals surface area contributed by atoms with Crippen molar-refractivity contribution in [3.63, 3.8) is 0 Å². The number of benzene rings is 1. The fraction of sp³-hybridized carbons (Fsp3) is 0.154. The third-order valence-electron chi connectivity index (χ3n) is 2.96. The molecule has 0 fully saturated rings. The van der Waals surface area contributed by atoms with Gasteiger partial charge in [-0.15, -0.1) is 10.2 Å². The summed E-state index contributed by atoms with van der Waals surface area (Å²) in [6.45, 7) is 1.94. The van der Waals surface area contributed by atoms with Gasteiger partial charge >= 0.3 is 0 Å². The normalized spacial score (nSPS) is 10.8. The van der Waals surface area contributed by atoms with Crippen LogP contribution in [0.15, 0.2) is 22.5 Å². The van der Waals surface area contributed by atoms with E-state index in [0.717, 1.165) is 15.6 Å². The number of rotatable bonds is 5. The molecule has 0 saturated carbocycles. The van der Waals surface area contributed by atoms with Crippen LogP contribution in [0.4, 0.5) is 22.7 Å². The predicted molar refractivity (Wildman–Crippen MR) is 97.6 cm³/mol. The molecule has 1 aromatic carbocycles. The molecule has 124 valence electrons. The Bertz CT molecular complexity index is 849. The molecule has 0 amide bonds. The van der Waals surface area contributed by atoms with E-state index < -0.39 is 0 Å². The summed E-state index contributed by atoms with van der Waals surface area (Å²) in [5.74, 6) is 1.19. The van der Waals surface area contributed by atoms with E-state index in [0.29, 0.717) is 21.7 Å². The zero-order valence-corrected chi connectivity index (χ0v) is 14.9. The van der Waals surface area contributed by atoms with Gasteiger partial charge in [0.25, 0.3) is 0 Å². The lowest BCUT2D eigenvalue weighted by atomic mass is 10.2. The van der Waals surface area contributed by atoms with Crippen molar-refractivity contribution >= 4 is 57.4 Å². The molecule has 3 rings (SSSR count). The molecule has 0 aliphatic rings. The first kappa shape index (κ1) is 16.7. The van der Waals surface area contributed by atoms with Crippen LogP contribution in [-0.2, 0) is 5.75 Å². The minimum Gasteiger partial charge on any atom is -0.368 e. The van der Waals surface area contributed by atoms with Crippen molar-refractivity contribution in [2.45, 2.75) is 17.0 Å². The van der Waals surface area contributed by atoms with E-state index in [4.69, 9.17) is 23.1 Å². The summed E-state index contributed by atoms with van der Waals surface area (Å²) in [6, 6.07) is 5.66. The maximum atomic E-state index is 6.11. The summed E-state index contributed by atoms with van der Waals surface area (Å²) < 4.78 is 0.773. The van der Waals surface area contributed by atoms with E-state index in [1.54, 1.807) is 0 Å². The average molecular weight is 381 g/mol. The Kier molecular flexibility index (Phi) is 4.97. The Morgan fingerprint density at radius 2 is 1.92 bits per heavy atom. The van der Waals surface area contributed by atoms with Crippen LogP contribution >= 0.6 is 34.7 Å². The van der Waals surface area contributed by atoms with Crippen molar-refractivity contribution in [1.29, 1.82) is 0 Å². The van der Waals surface area contributed by atoms with Crippen LogP contribution in [0.5, 0.6) is 0 Å². The van der Waals surface area contributed by atoms with E-state index in [-0.39, 0.29) is 11.9 Å². The first-order valence-electron chi connectivity index (χ1n) is 6.75. The highest BCUT2D eigenvalue weighted by Crippen LogP contribution is 2.31. The van der Waals surface area contributed by atoms with Gasteiger partial charge in [-0.1, -0.05) is 40.8 Å². The van der Waals surface area contributed by atoms with Crippen molar-refractivity contribution in [3.8, 4) is 0 Å². The van der Waals surface area contributed by atoms with Gasteiger partial charge in [0.2, 0.25) is 17.0 Å². The van der Waals surface area contributed by atoms with Crippen LogP contribution in [0, 0.1) is 6.92 Å². The summed E-state index contributed by atoms with van der Waals surface area (Å²) in [4.78, 5) is 11.8. The number of nitrogens with two attached hydrogens (primary N) is 2. The Hall–Kier alpha value is -2.17. The Labute approximate surface area is 151 Å². The van der Waals surface area contributed by atoms with Crippen molar-refractivity contribution in [2.75, 3.05) is 16.8 Å². The van der Waals surface area contributed by atoms with Crippen LogP contribution < -0.4 is 16.8 Å². The standard InChI is InChI=1S/C13H13ClN8S2/c1-6-7(14)3-2-4-8(6)17-12-21-22-13(24-12)23-5-9-18-10(15)20-11(16)19-9/h2-4H,5H2,1H3,(H,17,21)(H4,15,16,18,19,20). The molecule has 11 heteroatoms. The fourth-order valence-corrected chi connectivity index (χ4v) is 3.62. The monoisotopic (exact) mass is 380 g/mol. The molecule has 0 unspecified atom stereocenters. The van der Waals surface area contributed by atoms with Gasteiger partial charge in [-0.25, -0.2) is 0 Å². The highest BCUT2D eigenvalue weighted by molar-refractivity contribution is 8.00. The van der Waals surface area contributed by atoms with E-state index in [9.17, 15) is 0 Å². The second-order valence-electron chi connectivity index (χ2n) is 4.67. The Morgan fingerprint density at radius 1 is 1.17 bits per heavy atom.